The number of hydrogen-bond acceptors (Lipinski definition) is 9. The number of fused-ring (bicyclic) bond motifs is 2. The van der Waals surface area contributed by atoms with E-state index in [4.69, 9.17) is 23.7 Å². The number of carbonyl (C=O) groups excluding carboxylic acids is 2. The van der Waals surface area contributed by atoms with Crippen molar-refractivity contribution in [2.24, 2.45) is 5.41 Å². The Kier molecular flexibility index (Phi) is 5.39. The predicted molar refractivity (Wildman–Crippen MR) is 141 cm³/mol. The summed E-state index contributed by atoms with van der Waals surface area (Å²) in [6.45, 7) is 3.95. The molecule has 7 rings (SSSR count). The first kappa shape index (κ1) is 24.3. The van der Waals surface area contributed by atoms with Crippen LogP contribution in [0.1, 0.15) is 48.5 Å². The van der Waals surface area contributed by atoms with Crippen LogP contribution >= 0.6 is 0 Å². The number of rotatable bonds is 5. The highest BCUT2D eigenvalue weighted by molar-refractivity contribution is 5.94. The number of nitrogens with zero attached hydrogens (tertiary/aromatic N) is 1. The molecule has 9 heteroatoms. The van der Waals surface area contributed by atoms with Gasteiger partial charge in [0.1, 0.15) is 6.10 Å². The van der Waals surface area contributed by atoms with Crippen molar-refractivity contribution < 1.29 is 33.3 Å². The van der Waals surface area contributed by atoms with E-state index in [1.807, 2.05) is 13.0 Å². The lowest BCUT2D eigenvalue weighted by atomic mass is 9.53. The number of benzene rings is 2. The van der Waals surface area contributed by atoms with Crippen molar-refractivity contribution in [3.05, 3.63) is 58.8 Å². The number of hydrogen-bond donors (Lipinski definition) is 1. The van der Waals surface area contributed by atoms with Crippen LogP contribution in [-0.4, -0.2) is 63.1 Å². The summed E-state index contributed by atoms with van der Waals surface area (Å²) >= 11 is 0. The summed E-state index contributed by atoms with van der Waals surface area (Å²) in [5.41, 5.74) is 3.33. The number of esters is 2. The van der Waals surface area contributed by atoms with Crippen molar-refractivity contribution in [3.63, 3.8) is 0 Å². The van der Waals surface area contributed by atoms with E-state index in [2.05, 4.69) is 28.4 Å². The molecule has 0 amide bonds. The van der Waals surface area contributed by atoms with Gasteiger partial charge < -0.3 is 29.0 Å². The van der Waals surface area contributed by atoms with Gasteiger partial charge in [-0.15, -0.1) is 0 Å². The highest BCUT2D eigenvalue weighted by Gasteiger charge is 2.68. The summed E-state index contributed by atoms with van der Waals surface area (Å²) in [5.74, 6) is 0.574. The minimum atomic E-state index is -0.475. The summed E-state index contributed by atoms with van der Waals surface area (Å²) in [6.07, 6.45) is 2.69. The molecule has 0 unspecified atom stereocenters. The van der Waals surface area contributed by atoms with Crippen LogP contribution in [0.15, 0.2) is 47.7 Å². The molecule has 204 valence electrons. The normalized spacial score (nSPS) is 28.6. The zero-order valence-corrected chi connectivity index (χ0v) is 22.4. The minimum absolute atomic E-state index is 0.0732. The largest absolute Gasteiger partial charge is 0.493 e. The molecular formula is C30H32N2O7. The number of methoxy groups -OCH3 is 2. The smallest absolute Gasteiger partial charge is 0.338 e. The predicted octanol–water partition coefficient (Wildman–Crippen LogP) is 4.02. The average molecular weight is 533 g/mol. The molecule has 4 aliphatic heterocycles. The molecule has 5 aliphatic rings. The third-order valence-electron chi connectivity index (χ3n) is 9.60. The second-order valence-electron chi connectivity index (χ2n) is 11.1. The van der Waals surface area contributed by atoms with Crippen LogP contribution in [0, 0.1) is 5.41 Å². The highest BCUT2D eigenvalue weighted by atomic mass is 16.7. The number of carbonyl (C=O) groups is 2. The van der Waals surface area contributed by atoms with Crippen molar-refractivity contribution in [1.29, 1.82) is 0 Å². The van der Waals surface area contributed by atoms with Gasteiger partial charge in [-0.3, -0.25) is 4.90 Å². The number of ether oxygens (including phenoxy) is 5. The second-order valence-corrected chi connectivity index (χ2v) is 11.1. The van der Waals surface area contributed by atoms with E-state index in [1.54, 1.807) is 12.1 Å². The monoisotopic (exact) mass is 532 g/mol. The molecule has 9 nitrogen and oxygen atoms in total. The molecule has 0 saturated carbocycles. The van der Waals surface area contributed by atoms with Crippen LogP contribution in [0.2, 0.25) is 0 Å². The van der Waals surface area contributed by atoms with Gasteiger partial charge in [0.05, 0.1) is 30.8 Å². The van der Waals surface area contributed by atoms with E-state index < -0.39 is 17.5 Å². The fourth-order valence-electron chi connectivity index (χ4n) is 8.05. The van der Waals surface area contributed by atoms with Crippen LogP contribution in [0.3, 0.4) is 0 Å². The highest BCUT2D eigenvalue weighted by Crippen LogP contribution is 2.65. The van der Waals surface area contributed by atoms with E-state index in [-0.39, 0.29) is 24.2 Å². The molecule has 4 atom stereocenters. The quantitative estimate of drug-likeness (QED) is 0.573. The molecule has 1 aliphatic carbocycles. The molecular weight excluding hydrogens is 500 g/mol. The topological polar surface area (TPSA) is 95.6 Å². The van der Waals surface area contributed by atoms with Gasteiger partial charge >= 0.3 is 11.9 Å². The molecule has 1 N–H and O–H groups in total. The Morgan fingerprint density at radius 3 is 2.77 bits per heavy atom. The molecule has 0 radical (unpaired) electrons. The minimum Gasteiger partial charge on any atom is -0.493 e. The summed E-state index contributed by atoms with van der Waals surface area (Å²) in [7, 11) is 2.96. The lowest BCUT2D eigenvalue weighted by Crippen LogP contribution is -2.64. The first-order valence-electron chi connectivity index (χ1n) is 13.5. The van der Waals surface area contributed by atoms with Gasteiger partial charge in [0.25, 0.3) is 0 Å². The Labute approximate surface area is 227 Å². The molecule has 39 heavy (non-hydrogen) atoms. The Hall–Kier alpha value is -3.72. The zero-order chi connectivity index (χ0) is 26.9. The number of nitrogens with one attached hydrogen (secondary N) is 1. The Morgan fingerprint density at radius 1 is 1.10 bits per heavy atom. The van der Waals surface area contributed by atoms with Crippen molar-refractivity contribution in [1.82, 2.24) is 4.90 Å². The fraction of sp³-hybridized carbons (Fsp3) is 0.467. The molecule has 2 fully saturated rings. The third-order valence-corrected chi connectivity index (χ3v) is 9.60. The second kappa shape index (κ2) is 8.64. The maximum atomic E-state index is 13.6. The van der Waals surface area contributed by atoms with E-state index in [9.17, 15) is 9.59 Å². The Bertz CT molecular complexity index is 1420. The first-order valence-corrected chi connectivity index (χ1v) is 13.5. The fourth-order valence-corrected chi connectivity index (χ4v) is 8.05. The molecule has 2 saturated heterocycles. The van der Waals surface area contributed by atoms with Crippen molar-refractivity contribution in [2.45, 2.75) is 50.2 Å². The van der Waals surface area contributed by atoms with Gasteiger partial charge in [-0.1, -0.05) is 18.2 Å². The number of anilines is 1. The SMILES string of the molecule is COC(=O)C1=C2Nc3ccccc3[C@]23CCN2CCC[C@]([C@@H](C)OC(=O)c4cc(OC)c5c(c4)OCO5)(C1)[C@@H]23. The number of para-hydroxylation sites is 1. The zero-order valence-electron chi connectivity index (χ0n) is 22.4. The molecule has 2 aromatic carbocycles. The van der Waals surface area contributed by atoms with Gasteiger partial charge in [0, 0.05) is 22.8 Å². The van der Waals surface area contributed by atoms with Gasteiger partial charge in [-0.05, 0) is 69.5 Å². The molecule has 0 aromatic heterocycles. The first-order chi connectivity index (χ1) is 18.9. The van der Waals surface area contributed by atoms with Crippen molar-refractivity contribution >= 4 is 17.6 Å². The van der Waals surface area contributed by atoms with Gasteiger partial charge in [0.15, 0.2) is 11.5 Å². The van der Waals surface area contributed by atoms with Gasteiger partial charge in [-0.2, -0.15) is 0 Å². The van der Waals surface area contributed by atoms with Crippen LogP contribution < -0.4 is 19.5 Å². The van der Waals surface area contributed by atoms with E-state index in [1.165, 1.54) is 19.8 Å². The average Bonchev–Trinajstić information content (AvgIpc) is 3.68. The summed E-state index contributed by atoms with van der Waals surface area (Å²) in [6, 6.07) is 11.7. The van der Waals surface area contributed by atoms with Crippen molar-refractivity contribution in [2.75, 3.05) is 39.4 Å². The lowest BCUT2D eigenvalue weighted by molar-refractivity contribution is -0.138. The van der Waals surface area contributed by atoms with E-state index >= 15 is 0 Å². The van der Waals surface area contributed by atoms with Crippen LogP contribution in [0.4, 0.5) is 5.69 Å². The Balaban J connectivity index is 1.31. The van der Waals surface area contributed by atoms with Crippen molar-refractivity contribution in [3.8, 4) is 17.2 Å². The third kappa shape index (κ3) is 3.22. The molecule has 2 aromatic rings. The summed E-state index contributed by atoms with van der Waals surface area (Å²) < 4.78 is 28.1. The van der Waals surface area contributed by atoms with Gasteiger partial charge in [0.2, 0.25) is 12.5 Å². The molecule has 4 heterocycles. The van der Waals surface area contributed by atoms with E-state index in [0.29, 0.717) is 34.8 Å². The Morgan fingerprint density at radius 2 is 1.95 bits per heavy atom. The molecule has 0 bridgehead atoms. The van der Waals surface area contributed by atoms with Crippen LogP contribution in [0.25, 0.3) is 0 Å². The lowest BCUT2D eigenvalue weighted by Gasteiger charge is -2.57. The van der Waals surface area contributed by atoms with Crippen LogP contribution in [-0.2, 0) is 19.7 Å². The number of piperidine rings is 1. The maximum Gasteiger partial charge on any atom is 0.338 e. The summed E-state index contributed by atoms with van der Waals surface area (Å²) in [4.78, 5) is 29.5. The molecule has 1 spiro atoms. The summed E-state index contributed by atoms with van der Waals surface area (Å²) in [5, 5.41) is 3.62. The van der Waals surface area contributed by atoms with E-state index in [0.717, 1.165) is 43.7 Å². The van der Waals surface area contributed by atoms with Gasteiger partial charge in [-0.25, -0.2) is 9.59 Å². The maximum absolute atomic E-state index is 13.6. The van der Waals surface area contributed by atoms with Crippen LogP contribution in [0.5, 0.6) is 17.2 Å². The standard InChI is InChI=1S/C30H32N2O7/c1-17(39-26(33)18-13-22(35-2)24-23(14-18)37-16-38-24)29-9-6-11-32-12-10-30(28(29)32)20-7-4-5-8-21(20)31-25(30)19(15-29)27(34)36-3/h4-5,7-8,13-14,17,28,31H,6,9-12,15-16H2,1-3H3/t17-,28-,29-,30-/m1/s1.